The van der Waals surface area contributed by atoms with E-state index in [1.807, 2.05) is 47.7 Å². The highest BCUT2D eigenvalue weighted by Gasteiger charge is 2.22. The van der Waals surface area contributed by atoms with Gasteiger partial charge in [-0.1, -0.05) is 115 Å². The number of rotatable bonds is 3. The van der Waals surface area contributed by atoms with Crippen LogP contribution in [0.1, 0.15) is 0 Å². The van der Waals surface area contributed by atoms with Crippen LogP contribution in [0.15, 0.2) is 156 Å². The molecule has 0 fully saturated rings. The van der Waals surface area contributed by atoms with Crippen LogP contribution in [0.2, 0.25) is 0 Å². The third-order valence-electron chi connectivity index (χ3n) is 9.80. The molecule has 0 aliphatic rings. The molecule has 11 aromatic rings. The molecule has 0 radical (unpaired) electrons. The SMILES string of the molecule is c1ccc(-c2nc(-c3ccc(-n4c5ccccc5c5c6ccccc6c6c7ccccc7sc6c54)cc3)c3oc4ccccc4c3n2)cc1. The van der Waals surface area contributed by atoms with Crippen molar-refractivity contribution in [3.05, 3.63) is 152 Å². The molecule has 7 aromatic carbocycles. The van der Waals surface area contributed by atoms with Gasteiger partial charge in [0.05, 0.1) is 15.7 Å². The normalized spacial score (nSPS) is 12.1. The number of hydrogen-bond donors (Lipinski definition) is 0. The number of benzene rings is 7. The van der Waals surface area contributed by atoms with E-state index in [-0.39, 0.29) is 0 Å². The number of furan rings is 1. The first kappa shape index (κ1) is 26.7. The lowest BCUT2D eigenvalue weighted by molar-refractivity contribution is 0.667. The van der Waals surface area contributed by atoms with E-state index in [1.165, 1.54) is 52.8 Å². The molecule has 0 N–H and O–H groups in total. The third-order valence-corrected chi connectivity index (χ3v) is 11.0. The molecule has 11 rings (SSSR count). The highest BCUT2D eigenvalue weighted by molar-refractivity contribution is 7.27. The van der Waals surface area contributed by atoms with E-state index >= 15 is 0 Å². The molecule has 4 heterocycles. The van der Waals surface area contributed by atoms with E-state index in [4.69, 9.17) is 14.4 Å². The fraction of sp³-hybridized carbons (Fsp3) is 0. The Morgan fingerprint density at radius 1 is 0.510 bits per heavy atom. The Hall–Kier alpha value is -6.30. The predicted octanol–water partition coefficient (Wildman–Crippen LogP) is 12.3. The molecule has 5 heteroatoms. The van der Waals surface area contributed by atoms with E-state index in [1.54, 1.807) is 0 Å². The van der Waals surface area contributed by atoms with Gasteiger partial charge >= 0.3 is 0 Å². The zero-order chi connectivity index (χ0) is 32.1. The van der Waals surface area contributed by atoms with Crippen LogP contribution in [0, 0.1) is 0 Å². The molecule has 49 heavy (non-hydrogen) atoms. The molecular weight excluding hydrogens is 619 g/mol. The molecular formula is C44H25N3OS. The highest BCUT2D eigenvalue weighted by atomic mass is 32.1. The van der Waals surface area contributed by atoms with Gasteiger partial charge in [-0.2, -0.15) is 0 Å². The summed E-state index contributed by atoms with van der Waals surface area (Å²) in [6.45, 7) is 0. The van der Waals surface area contributed by atoms with Crippen LogP contribution in [-0.4, -0.2) is 14.5 Å². The van der Waals surface area contributed by atoms with Crippen molar-refractivity contribution in [1.29, 1.82) is 0 Å². The number of thiophene rings is 1. The van der Waals surface area contributed by atoms with E-state index in [0.717, 1.165) is 39.0 Å². The lowest BCUT2D eigenvalue weighted by atomic mass is 9.99. The van der Waals surface area contributed by atoms with Crippen molar-refractivity contribution in [1.82, 2.24) is 14.5 Å². The molecule has 0 atom stereocenters. The second-order valence-corrected chi connectivity index (χ2v) is 13.6. The summed E-state index contributed by atoms with van der Waals surface area (Å²) in [5.74, 6) is 0.681. The van der Waals surface area contributed by atoms with E-state index in [2.05, 4.69) is 120 Å². The second kappa shape index (κ2) is 10.1. The first-order valence-electron chi connectivity index (χ1n) is 16.4. The number of aromatic nitrogens is 3. The summed E-state index contributed by atoms with van der Waals surface area (Å²) in [5, 5.41) is 8.74. The van der Waals surface area contributed by atoms with Gasteiger partial charge in [0, 0.05) is 48.4 Å². The van der Waals surface area contributed by atoms with Crippen molar-refractivity contribution >= 4 is 86.2 Å². The van der Waals surface area contributed by atoms with E-state index in [9.17, 15) is 0 Å². The van der Waals surface area contributed by atoms with Crippen molar-refractivity contribution in [3.8, 4) is 28.3 Å². The summed E-state index contributed by atoms with van der Waals surface area (Å²) < 4.78 is 11.5. The quantitative estimate of drug-likeness (QED) is 0.192. The van der Waals surface area contributed by atoms with Gasteiger partial charge in [0.1, 0.15) is 16.8 Å². The van der Waals surface area contributed by atoms with Gasteiger partial charge in [-0.3, -0.25) is 0 Å². The van der Waals surface area contributed by atoms with Crippen LogP contribution >= 0.6 is 11.3 Å². The summed E-state index contributed by atoms with van der Waals surface area (Å²) in [5.41, 5.74) is 8.59. The average molecular weight is 644 g/mol. The minimum absolute atomic E-state index is 0.681. The molecule has 0 aliphatic heterocycles. The van der Waals surface area contributed by atoms with Crippen LogP contribution in [0.25, 0.3) is 103 Å². The fourth-order valence-corrected chi connectivity index (χ4v) is 8.92. The number of hydrogen-bond acceptors (Lipinski definition) is 4. The van der Waals surface area contributed by atoms with Crippen LogP contribution in [0.3, 0.4) is 0 Å². The fourth-order valence-electron chi connectivity index (χ4n) is 7.67. The highest BCUT2D eigenvalue weighted by Crippen LogP contribution is 2.48. The Labute approximate surface area is 284 Å². The number of fused-ring (bicyclic) bond motifs is 13. The third kappa shape index (κ3) is 3.79. The van der Waals surface area contributed by atoms with Gasteiger partial charge in [0.25, 0.3) is 0 Å². The van der Waals surface area contributed by atoms with Gasteiger partial charge in [-0.05, 0) is 47.2 Å². The zero-order valence-corrected chi connectivity index (χ0v) is 26.9. The summed E-state index contributed by atoms with van der Waals surface area (Å²) >= 11 is 1.88. The smallest absolute Gasteiger partial charge is 0.180 e. The lowest BCUT2D eigenvalue weighted by Gasteiger charge is -2.11. The van der Waals surface area contributed by atoms with E-state index < -0.39 is 0 Å². The van der Waals surface area contributed by atoms with Gasteiger partial charge in [-0.25, -0.2) is 9.97 Å². The summed E-state index contributed by atoms with van der Waals surface area (Å²) in [6.07, 6.45) is 0. The molecule has 0 bridgehead atoms. The van der Waals surface area contributed by atoms with Crippen LogP contribution in [0.5, 0.6) is 0 Å². The second-order valence-electron chi connectivity index (χ2n) is 12.5. The van der Waals surface area contributed by atoms with Crippen LogP contribution in [-0.2, 0) is 0 Å². The minimum atomic E-state index is 0.681. The Morgan fingerprint density at radius 2 is 1.16 bits per heavy atom. The van der Waals surface area contributed by atoms with Gasteiger partial charge in [0.2, 0.25) is 0 Å². The summed E-state index contributed by atoms with van der Waals surface area (Å²) in [6, 6.07) is 53.5. The average Bonchev–Trinajstić information content (AvgIpc) is 3.85. The Balaban J connectivity index is 1.19. The molecule has 0 saturated heterocycles. The molecule has 0 aliphatic carbocycles. The van der Waals surface area contributed by atoms with Crippen molar-refractivity contribution in [3.63, 3.8) is 0 Å². The summed E-state index contributed by atoms with van der Waals surface area (Å²) in [4.78, 5) is 10.1. The lowest BCUT2D eigenvalue weighted by Crippen LogP contribution is -1.96. The van der Waals surface area contributed by atoms with Crippen LogP contribution < -0.4 is 0 Å². The van der Waals surface area contributed by atoms with Crippen molar-refractivity contribution in [2.24, 2.45) is 0 Å². The first-order valence-corrected chi connectivity index (χ1v) is 17.2. The first-order chi connectivity index (χ1) is 24.3. The standard InChI is InChI=1S/C44H25N3OS/c1-2-12-27(13-3-1)44-45-39(42-40(46-44)32-17-7-10-20-35(32)48-42)26-22-24-28(25-23-26)47-34-19-9-6-16-31(34)37-29-14-4-5-15-30(29)38-33-18-8-11-21-36(33)49-43(38)41(37)47/h1-25H. The van der Waals surface area contributed by atoms with Crippen molar-refractivity contribution in [2.75, 3.05) is 0 Å². The molecule has 0 saturated carbocycles. The summed E-state index contributed by atoms with van der Waals surface area (Å²) in [7, 11) is 0. The van der Waals surface area contributed by atoms with E-state index in [0.29, 0.717) is 11.4 Å². The molecule has 228 valence electrons. The Bertz CT molecular complexity index is 3100. The van der Waals surface area contributed by atoms with Crippen molar-refractivity contribution in [2.45, 2.75) is 0 Å². The maximum Gasteiger partial charge on any atom is 0.180 e. The van der Waals surface area contributed by atoms with Gasteiger partial charge < -0.3 is 8.98 Å². The van der Waals surface area contributed by atoms with Gasteiger partial charge in [0.15, 0.2) is 11.4 Å². The largest absolute Gasteiger partial charge is 0.452 e. The molecule has 4 nitrogen and oxygen atoms in total. The topological polar surface area (TPSA) is 43.9 Å². The molecule has 0 spiro atoms. The molecule has 0 amide bonds. The minimum Gasteiger partial charge on any atom is -0.452 e. The number of para-hydroxylation sites is 2. The zero-order valence-electron chi connectivity index (χ0n) is 26.1. The van der Waals surface area contributed by atoms with Gasteiger partial charge in [-0.15, -0.1) is 11.3 Å². The Morgan fingerprint density at radius 3 is 1.98 bits per heavy atom. The molecule has 0 unspecified atom stereocenters. The maximum atomic E-state index is 6.44. The maximum absolute atomic E-state index is 6.44. The number of nitrogens with zero attached hydrogens (tertiary/aromatic N) is 3. The Kier molecular flexibility index (Phi) is 5.51. The predicted molar refractivity (Wildman–Crippen MR) is 205 cm³/mol. The monoisotopic (exact) mass is 643 g/mol. The molecule has 4 aromatic heterocycles. The van der Waals surface area contributed by atoms with Crippen molar-refractivity contribution < 1.29 is 4.42 Å². The van der Waals surface area contributed by atoms with Crippen LogP contribution in [0.4, 0.5) is 0 Å².